The van der Waals surface area contributed by atoms with Gasteiger partial charge in [0.05, 0.1) is 5.56 Å². The third-order valence-electron chi connectivity index (χ3n) is 6.34. The van der Waals surface area contributed by atoms with Crippen LogP contribution in [0.5, 0.6) is 0 Å². The van der Waals surface area contributed by atoms with Crippen molar-refractivity contribution in [2.24, 2.45) is 5.92 Å². The summed E-state index contributed by atoms with van der Waals surface area (Å²) >= 11 is 0. The second-order valence-corrected chi connectivity index (χ2v) is 8.50. The molecule has 26 heavy (non-hydrogen) atoms. The third kappa shape index (κ3) is 2.72. The molecule has 5 rings (SSSR count). The second kappa shape index (κ2) is 6.07. The molecule has 2 saturated carbocycles. The number of aromatic nitrogens is 3. The van der Waals surface area contributed by atoms with Crippen LogP contribution in [0.3, 0.4) is 0 Å². The lowest BCUT2D eigenvalue weighted by Gasteiger charge is -2.29. The normalized spacial score (nSPS) is 21.3. The number of rotatable bonds is 4. The highest BCUT2D eigenvalue weighted by atomic mass is 16.2. The predicted octanol–water partition coefficient (Wildman–Crippen LogP) is 3.87. The number of imidazole rings is 1. The van der Waals surface area contributed by atoms with Gasteiger partial charge in [-0.25, -0.2) is 9.97 Å². The molecule has 1 amide bonds. The number of aryl methyl sites for hydroxylation is 3. The van der Waals surface area contributed by atoms with Crippen LogP contribution in [-0.2, 0) is 13.0 Å². The first-order valence-electron chi connectivity index (χ1n) is 10.3. The molecule has 0 unspecified atom stereocenters. The summed E-state index contributed by atoms with van der Waals surface area (Å²) in [5.41, 5.74) is 3.43. The van der Waals surface area contributed by atoms with Gasteiger partial charge in [0, 0.05) is 30.7 Å². The van der Waals surface area contributed by atoms with E-state index in [9.17, 15) is 4.79 Å². The molecule has 2 fully saturated rings. The van der Waals surface area contributed by atoms with Gasteiger partial charge in [0.1, 0.15) is 11.3 Å². The second-order valence-electron chi connectivity index (χ2n) is 8.50. The zero-order valence-corrected chi connectivity index (χ0v) is 15.9. The van der Waals surface area contributed by atoms with E-state index in [1.54, 1.807) is 0 Å². The summed E-state index contributed by atoms with van der Waals surface area (Å²) < 4.78 is 2.26. The molecular formula is C21H28N4O. The topological polar surface area (TPSA) is 51.0 Å². The summed E-state index contributed by atoms with van der Waals surface area (Å²) in [5.74, 6) is 1.98. The van der Waals surface area contributed by atoms with Crippen LogP contribution < -0.4 is 0 Å². The van der Waals surface area contributed by atoms with Crippen LogP contribution in [0.2, 0.25) is 0 Å². The molecule has 0 aromatic carbocycles. The Hall–Kier alpha value is -1.91. The van der Waals surface area contributed by atoms with E-state index in [-0.39, 0.29) is 5.91 Å². The molecule has 3 aliphatic rings. The minimum Gasteiger partial charge on any atom is -0.333 e. The minimum atomic E-state index is 0.177. The van der Waals surface area contributed by atoms with E-state index in [0.717, 1.165) is 54.1 Å². The molecule has 0 spiro atoms. The van der Waals surface area contributed by atoms with E-state index in [0.29, 0.717) is 18.0 Å². The molecule has 0 radical (unpaired) electrons. The van der Waals surface area contributed by atoms with Gasteiger partial charge in [0.15, 0.2) is 5.65 Å². The number of hydrogen-bond donors (Lipinski definition) is 0. The quantitative estimate of drug-likeness (QED) is 0.839. The maximum atomic E-state index is 13.6. The number of carbonyl (C=O) groups excluding carboxylic acids is 1. The Morgan fingerprint density at radius 2 is 2.00 bits per heavy atom. The third-order valence-corrected chi connectivity index (χ3v) is 6.34. The maximum absolute atomic E-state index is 13.6. The van der Waals surface area contributed by atoms with Crippen LogP contribution in [0.25, 0.3) is 11.2 Å². The van der Waals surface area contributed by atoms with Gasteiger partial charge in [-0.05, 0) is 64.4 Å². The monoisotopic (exact) mass is 352 g/mol. The first kappa shape index (κ1) is 16.3. The highest BCUT2D eigenvalue weighted by Gasteiger charge is 2.42. The highest BCUT2D eigenvalue weighted by Crippen LogP contribution is 2.41. The minimum absolute atomic E-state index is 0.177. The molecule has 5 heteroatoms. The highest BCUT2D eigenvalue weighted by molar-refractivity contribution is 6.04. The SMILES string of the molecule is Cc1cc(C(=O)N(C2CC2)[C@@H](C)C2CC2)c2nc3n(c2n1)CCCCC3. The summed E-state index contributed by atoms with van der Waals surface area (Å²) in [6.07, 6.45) is 9.42. The van der Waals surface area contributed by atoms with Crippen LogP contribution in [0.15, 0.2) is 6.07 Å². The van der Waals surface area contributed by atoms with Crippen LogP contribution in [0.4, 0.5) is 0 Å². The van der Waals surface area contributed by atoms with Crippen LogP contribution >= 0.6 is 0 Å². The largest absolute Gasteiger partial charge is 0.333 e. The lowest BCUT2D eigenvalue weighted by molar-refractivity contribution is 0.0656. The van der Waals surface area contributed by atoms with Gasteiger partial charge in [0.2, 0.25) is 0 Å². The van der Waals surface area contributed by atoms with Crippen molar-refractivity contribution < 1.29 is 4.79 Å². The van der Waals surface area contributed by atoms with Crippen LogP contribution in [0, 0.1) is 12.8 Å². The van der Waals surface area contributed by atoms with Crippen molar-refractivity contribution in [3.05, 3.63) is 23.1 Å². The molecule has 0 N–H and O–H groups in total. The first-order valence-corrected chi connectivity index (χ1v) is 10.3. The first-order chi connectivity index (χ1) is 12.6. The number of fused-ring (bicyclic) bond motifs is 3. The number of pyridine rings is 1. The summed E-state index contributed by atoms with van der Waals surface area (Å²) in [6.45, 7) is 5.21. The number of hydrogen-bond acceptors (Lipinski definition) is 3. The van der Waals surface area contributed by atoms with E-state index in [1.165, 1.54) is 32.1 Å². The molecule has 1 atom stereocenters. The number of carbonyl (C=O) groups is 1. The van der Waals surface area contributed by atoms with E-state index in [2.05, 4.69) is 16.4 Å². The molecule has 5 nitrogen and oxygen atoms in total. The number of nitrogens with zero attached hydrogens (tertiary/aromatic N) is 4. The fourth-order valence-electron chi connectivity index (χ4n) is 4.56. The van der Waals surface area contributed by atoms with E-state index < -0.39 is 0 Å². The Kier molecular flexibility index (Phi) is 3.80. The Morgan fingerprint density at radius 1 is 1.19 bits per heavy atom. The smallest absolute Gasteiger partial charge is 0.256 e. The Morgan fingerprint density at radius 3 is 2.73 bits per heavy atom. The van der Waals surface area contributed by atoms with E-state index in [4.69, 9.17) is 9.97 Å². The van der Waals surface area contributed by atoms with Gasteiger partial charge in [-0.1, -0.05) is 6.42 Å². The zero-order valence-electron chi connectivity index (χ0n) is 15.9. The summed E-state index contributed by atoms with van der Waals surface area (Å²) in [4.78, 5) is 25.5. The molecule has 138 valence electrons. The van der Waals surface area contributed by atoms with Gasteiger partial charge in [-0.15, -0.1) is 0 Å². The lowest BCUT2D eigenvalue weighted by Crippen LogP contribution is -2.41. The average molecular weight is 352 g/mol. The molecule has 2 aromatic rings. The summed E-state index contributed by atoms with van der Waals surface area (Å²) in [5, 5.41) is 0. The van der Waals surface area contributed by atoms with Crippen molar-refractivity contribution in [1.82, 2.24) is 19.4 Å². The molecule has 2 aromatic heterocycles. The molecule has 0 bridgehead atoms. The molecule has 2 aliphatic carbocycles. The van der Waals surface area contributed by atoms with E-state index in [1.807, 2.05) is 13.0 Å². The van der Waals surface area contributed by atoms with Gasteiger partial charge in [0.25, 0.3) is 5.91 Å². The van der Waals surface area contributed by atoms with Gasteiger partial charge in [-0.3, -0.25) is 4.79 Å². The Labute approximate surface area is 154 Å². The number of amides is 1. The predicted molar refractivity (Wildman–Crippen MR) is 101 cm³/mol. The van der Waals surface area contributed by atoms with E-state index >= 15 is 0 Å². The maximum Gasteiger partial charge on any atom is 0.256 e. The lowest BCUT2D eigenvalue weighted by atomic mass is 10.1. The fraction of sp³-hybridized carbons (Fsp3) is 0.667. The molecule has 3 heterocycles. The average Bonchev–Trinajstić information content (AvgIpc) is 3.51. The van der Waals surface area contributed by atoms with Crippen molar-refractivity contribution in [2.75, 3.05) is 0 Å². The standard InChI is InChI=1S/C21H28N4O/c1-13-12-17(21(26)25(16-9-10-16)14(2)15-7-8-15)19-20(22-13)24-11-5-3-4-6-18(24)23-19/h12,14-16H,3-11H2,1-2H3/t14-/m0/s1. The molecular weight excluding hydrogens is 324 g/mol. The van der Waals surface area contributed by atoms with Crippen molar-refractivity contribution >= 4 is 17.1 Å². The molecule has 1 aliphatic heterocycles. The Bertz CT molecular complexity index is 863. The zero-order chi connectivity index (χ0) is 17.8. The van der Waals surface area contributed by atoms with Crippen LogP contribution in [0.1, 0.15) is 73.7 Å². The summed E-state index contributed by atoms with van der Waals surface area (Å²) in [6, 6.07) is 2.74. The van der Waals surface area contributed by atoms with Crippen molar-refractivity contribution in [2.45, 2.75) is 83.8 Å². The van der Waals surface area contributed by atoms with Gasteiger partial charge in [-0.2, -0.15) is 0 Å². The fourth-order valence-corrected chi connectivity index (χ4v) is 4.56. The van der Waals surface area contributed by atoms with Crippen molar-refractivity contribution in [3.63, 3.8) is 0 Å². The van der Waals surface area contributed by atoms with Gasteiger partial charge < -0.3 is 9.47 Å². The van der Waals surface area contributed by atoms with Gasteiger partial charge >= 0.3 is 0 Å². The van der Waals surface area contributed by atoms with Crippen molar-refractivity contribution in [1.29, 1.82) is 0 Å². The van der Waals surface area contributed by atoms with Crippen LogP contribution in [-0.4, -0.2) is 37.4 Å². The Balaban J connectivity index is 1.60. The van der Waals surface area contributed by atoms with Crippen molar-refractivity contribution in [3.8, 4) is 0 Å². The summed E-state index contributed by atoms with van der Waals surface area (Å²) in [7, 11) is 0. The molecule has 0 saturated heterocycles.